The predicted molar refractivity (Wildman–Crippen MR) is 144 cm³/mol. The van der Waals surface area contributed by atoms with Crippen molar-refractivity contribution in [3.8, 4) is 22.5 Å². The molecule has 202 valence electrons. The number of rotatable bonds is 5. The van der Waals surface area contributed by atoms with Crippen molar-refractivity contribution in [1.29, 1.82) is 0 Å². The normalized spacial score (nSPS) is 21.8. The van der Waals surface area contributed by atoms with Crippen LogP contribution in [0.5, 0.6) is 0 Å². The van der Waals surface area contributed by atoms with Gasteiger partial charge in [0.05, 0.1) is 23.1 Å². The summed E-state index contributed by atoms with van der Waals surface area (Å²) in [5.74, 6) is -0.0193. The highest BCUT2D eigenvalue weighted by Crippen LogP contribution is 2.45. The van der Waals surface area contributed by atoms with Gasteiger partial charge in [0.15, 0.2) is 11.4 Å². The number of fused-ring (bicyclic) bond motifs is 3. The molecule has 2 saturated heterocycles. The van der Waals surface area contributed by atoms with Gasteiger partial charge in [-0.15, -0.1) is 0 Å². The Balaban J connectivity index is 1.23. The van der Waals surface area contributed by atoms with Gasteiger partial charge in [-0.05, 0) is 44.7 Å². The van der Waals surface area contributed by atoms with Crippen molar-refractivity contribution >= 4 is 23.2 Å². The molecule has 2 aliphatic heterocycles. The van der Waals surface area contributed by atoms with Gasteiger partial charge in [-0.25, -0.2) is 9.97 Å². The van der Waals surface area contributed by atoms with E-state index in [1.54, 1.807) is 24.5 Å². The maximum absolute atomic E-state index is 13.2. The second kappa shape index (κ2) is 9.07. The highest BCUT2D eigenvalue weighted by molar-refractivity contribution is 6.00. The fourth-order valence-electron chi connectivity index (χ4n) is 6.22. The Morgan fingerprint density at radius 2 is 1.93 bits per heavy atom. The summed E-state index contributed by atoms with van der Waals surface area (Å²) in [5.41, 5.74) is 10.4. The van der Waals surface area contributed by atoms with Gasteiger partial charge >= 0.3 is 0 Å². The van der Waals surface area contributed by atoms with Crippen LogP contribution < -0.4 is 5.73 Å². The van der Waals surface area contributed by atoms with E-state index in [4.69, 9.17) is 14.8 Å². The van der Waals surface area contributed by atoms with E-state index in [0.29, 0.717) is 46.7 Å². The van der Waals surface area contributed by atoms with E-state index >= 15 is 0 Å². The second-order valence-corrected chi connectivity index (χ2v) is 10.3. The van der Waals surface area contributed by atoms with Crippen molar-refractivity contribution in [1.82, 2.24) is 49.4 Å². The molecule has 0 radical (unpaired) electrons. The number of piperidine rings is 1. The molecule has 0 saturated carbocycles. The summed E-state index contributed by atoms with van der Waals surface area (Å²) < 4.78 is 25.0. The number of nitrogens with one attached hydrogen (secondary N) is 1. The zero-order valence-electron chi connectivity index (χ0n) is 24.5. The Morgan fingerprint density at radius 1 is 1.10 bits per heavy atom. The molecule has 13 heteroatoms. The van der Waals surface area contributed by atoms with Crippen LogP contribution >= 0.6 is 0 Å². The molecule has 3 atom stereocenters. The summed E-state index contributed by atoms with van der Waals surface area (Å²) in [7, 11) is 0. The molecule has 5 aromatic heterocycles. The van der Waals surface area contributed by atoms with Gasteiger partial charge in [-0.1, -0.05) is 6.07 Å². The first-order valence-electron chi connectivity index (χ1n) is 14.5. The molecule has 0 spiro atoms. The lowest BCUT2D eigenvalue weighted by Crippen LogP contribution is -2.46. The van der Waals surface area contributed by atoms with Crippen LogP contribution in [0.3, 0.4) is 0 Å². The van der Waals surface area contributed by atoms with E-state index in [-0.39, 0.29) is 41.3 Å². The van der Waals surface area contributed by atoms with E-state index in [0.717, 1.165) is 23.1 Å². The molecule has 2 aliphatic rings. The number of anilines is 1. The van der Waals surface area contributed by atoms with Crippen molar-refractivity contribution in [2.75, 3.05) is 5.73 Å². The first-order valence-corrected chi connectivity index (χ1v) is 13.0. The fraction of sp³-hybridized carbons (Fsp3) is 0.333. The van der Waals surface area contributed by atoms with Gasteiger partial charge in [0.1, 0.15) is 17.8 Å². The molecule has 7 heterocycles. The van der Waals surface area contributed by atoms with E-state index in [1.807, 2.05) is 11.0 Å². The maximum atomic E-state index is 13.2. The number of ketones is 1. The molecule has 2 bridgehead atoms. The lowest BCUT2D eigenvalue weighted by molar-refractivity contribution is 0.0556. The lowest BCUT2D eigenvalue weighted by Gasteiger charge is -2.38. The number of hydrogen-bond donors (Lipinski definition) is 2. The number of aromatic amines is 1. The molecule has 1 amide bonds. The summed E-state index contributed by atoms with van der Waals surface area (Å²) in [5, 5.41) is 15.1. The molecule has 1 unspecified atom stereocenters. The van der Waals surface area contributed by atoms with Crippen molar-refractivity contribution < 1.29 is 13.7 Å². The van der Waals surface area contributed by atoms with Crippen molar-refractivity contribution in [2.24, 2.45) is 6.98 Å². The molecule has 0 aliphatic carbocycles. The van der Waals surface area contributed by atoms with Crippen LogP contribution in [-0.4, -0.2) is 73.2 Å². The number of amides is 1. The van der Waals surface area contributed by atoms with Gasteiger partial charge in [0.2, 0.25) is 5.82 Å². The number of aryl methyl sites for hydroxylation is 1. The van der Waals surface area contributed by atoms with Gasteiger partial charge in [0, 0.05) is 52.6 Å². The minimum Gasteiger partial charge on any atom is -0.383 e. The van der Waals surface area contributed by atoms with Crippen LogP contribution in [0.25, 0.3) is 28.2 Å². The predicted octanol–water partition coefficient (Wildman–Crippen LogP) is 2.65. The van der Waals surface area contributed by atoms with Crippen molar-refractivity contribution in [2.45, 2.75) is 50.6 Å². The van der Waals surface area contributed by atoms with Crippen LogP contribution in [0, 0.1) is 0 Å². The third kappa shape index (κ3) is 3.76. The van der Waals surface area contributed by atoms with Crippen LogP contribution in [0.1, 0.15) is 69.3 Å². The molecule has 3 N–H and O–H groups in total. The molecule has 2 fully saturated rings. The van der Waals surface area contributed by atoms with Gasteiger partial charge < -0.3 is 10.6 Å². The highest BCUT2D eigenvalue weighted by Gasteiger charge is 2.45. The number of carbonyl (C=O) groups excluding carboxylic acids is 2. The summed E-state index contributed by atoms with van der Waals surface area (Å²) >= 11 is 0. The number of pyridine rings is 1. The number of H-pyrrole nitrogens is 1. The Morgan fingerprint density at radius 3 is 2.58 bits per heavy atom. The number of nitrogens with zero attached hydrogens (tertiary/aromatic N) is 9. The summed E-state index contributed by atoms with van der Waals surface area (Å²) in [6.45, 7) is -0.902. The Kier molecular flexibility index (Phi) is 4.75. The van der Waals surface area contributed by atoms with Crippen molar-refractivity contribution in [3.05, 3.63) is 60.2 Å². The van der Waals surface area contributed by atoms with Gasteiger partial charge in [0.25, 0.3) is 5.91 Å². The zero-order valence-corrected chi connectivity index (χ0v) is 21.5. The quantitative estimate of drug-likeness (QED) is 0.319. The zero-order chi connectivity index (χ0) is 30.0. The van der Waals surface area contributed by atoms with Crippen LogP contribution in [-0.2, 0) is 6.98 Å². The minimum atomic E-state index is -2.38. The number of nitrogen functional groups attached to an aromatic ring is 1. The van der Waals surface area contributed by atoms with E-state index in [1.165, 1.54) is 24.0 Å². The smallest absolute Gasteiger partial charge is 0.291 e. The van der Waals surface area contributed by atoms with Crippen LogP contribution in [0.15, 0.2) is 43.1 Å². The number of nitrogens with two attached hydrogens (primary N) is 1. The maximum Gasteiger partial charge on any atom is 0.291 e. The molecular weight excluding hydrogens is 510 g/mol. The lowest BCUT2D eigenvalue weighted by atomic mass is 9.85. The average molecular weight is 541 g/mol. The number of Topliss-reactive ketones (excluding diaryl/α,β-unsaturated/α-hetero) is 1. The first kappa shape index (κ1) is 21.0. The van der Waals surface area contributed by atoms with Crippen LogP contribution in [0.2, 0.25) is 0 Å². The molecule has 40 heavy (non-hydrogen) atoms. The summed E-state index contributed by atoms with van der Waals surface area (Å²) in [6.07, 6.45) is 8.99. The number of aromatic nitrogens is 9. The summed E-state index contributed by atoms with van der Waals surface area (Å²) in [4.78, 5) is 41.5. The molecule has 5 aromatic rings. The Hall–Kier alpha value is -4.94. The largest absolute Gasteiger partial charge is 0.383 e. The topological polar surface area (TPSA) is 166 Å². The third-order valence-corrected chi connectivity index (χ3v) is 7.96. The van der Waals surface area contributed by atoms with Crippen molar-refractivity contribution in [3.63, 3.8) is 0 Å². The number of carbonyl (C=O) groups is 2. The summed E-state index contributed by atoms with van der Waals surface area (Å²) in [6, 6.07) is 5.14. The molecular formula is C27H27N11O2. The van der Waals surface area contributed by atoms with Gasteiger partial charge in [-0.2, -0.15) is 19.8 Å². The number of hydrogen-bond acceptors (Lipinski definition) is 9. The van der Waals surface area contributed by atoms with Gasteiger partial charge in [-0.3, -0.25) is 24.4 Å². The standard InChI is InChI=1S/C27H27N11O2/c1-14(39)22-23(16-9-17-4-5-18(10-16)37(17)27(40)25-30-13-31-34-25)33-26-19(12-32-38(26)24(22)28)15-3-6-20(29-11-15)21-7-8-36(2)35-21/h3,6-8,11-13,16-18H,4-5,9-10,28H2,1-2H3,(H,30,31,34)/t16?,17-,18+/i2D3. The Bertz CT molecular complexity index is 1850. The first-order chi connectivity index (χ1) is 20.6. The highest BCUT2D eigenvalue weighted by atomic mass is 16.2. The monoisotopic (exact) mass is 540 g/mol. The SMILES string of the molecule is [2H]C([2H])([2H])n1ccc(-c2ccc(-c3cnn4c(N)c(C(C)=O)c(C5C[C@H]6CC[C@@H](C5)N6C(=O)c5ncn[nH]5)nc34)cn2)n1. The minimum absolute atomic E-state index is 0.0182. The van der Waals surface area contributed by atoms with E-state index < -0.39 is 6.98 Å². The molecule has 7 rings (SSSR count). The van der Waals surface area contributed by atoms with E-state index in [9.17, 15) is 9.59 Å². The average Bonchev–Trinajstić information content (AvgIpc) is 3.78. The fourth-order valence-corrected chi connectivity index (χ4v) is 6.22. The molecule has 13 nitrogen and oxygen atoms in total. The van der Waals surface area contributed by atoms with Crippen LogP contribution in [0.4, 0.5) is 5.82 Å². The second-order valence-electron chi connectivity index (χ2n) is 10.3. The Labute approximate surface area is 232 Å². The molecule has 0 aromatic carbocycles. The third-order valence-electron chi connectivity index (χ3n) is 7.96. The van der Waals surface area contributed by atoms with E-state index in [2.05, 4.69) is 30.4 Å².